The molecule has 4 aliphatic carbocycles. The van der Waals surface area contributed by atoms with Crippen LogP contribution in [0.15, 0.2) is 18.2 Å². The summed E-state index contributed by atoms with van der Waals surface area (Å²) in [5, 5.41) is 16.1. The molecule has 29 heavy (non-hydrogen) atoms. The van der Waals surface area contributed by atoms with Crippen molar-refractivity contribution in [1.82, 2.24) is 10.6 Å². The van der Waals surface area contributed by atoms with Gasteiger partial charge in [-0.2, -0.15) is 0 Å². The van der Waals surface area contributed by atoms with Crippen LogP contribution in [0.4, 0.5) is 0 Å². The van der Waals surface area contributed by atoms with Crippen LogP contribution in [0, 0.1) is 23.2 Å². The van der Waals surface area contributed by atoms with Gasteiger partial charge >= 0.3 is 0 Å². The molecule has 4 nitrogen and oxygen atoms in total. The van der Waals surface area contributed by atoms with E-state index in [1.807, 2.05) is 25.1 Å². The number of hydrogen-bond donors (Lipinski definition) is 3. The van der Waals surface area contributed by atoms with E-state index >= 15 is 0 Å². The summed E-state index contributed by atoms with van der Waals surface area (Å²) < 4.78 is 0. The van der Waals surface area contributed by atoms with Crippen LogP contribution >= 0.6 is 11.6 Å². The Morgan fingerprint density at radius 3 is 2.48 bits per heavy atom. The maximum absolute atomic E-state index is 12.9. The van der Waals surface area contributed by atoms with E-state index in [0.29, 0.717) is 16.0 Å². The van der Waals surface area contributed by atoms with Crippen molar-refractivity contribution in [3.05, 3.63) is 34.3 Å². The molecule has 160 valence electrons. The highest BCUT2D eigenvalue weighted by Crippen LogP contribution is 2.59. The quantitative estimate of drug-likeness (QED) is 0.527. The number of halogens is 1. The number of aliphatic hydroxyl groups excluding tert-OH is 1. The van der Waals surface area contributed by atoms with Crippen molar-refractivity contribution in [2.75, 3.05) is 19.7 Å². The van der Waals surface area contributed by atoms with E-state index in [1.165, 1.54) is 38.5 Å². The van der Waals surface area contributed by atoms with Gasteiger partial charge in [0, 0.05) is 12.6 Å². The number of hydrogen-bond acceptors (Lipinski definition) is 3. The average Bonchev–Trinajstić information content (AvgIpc) is 2.69. The molecular weight excluding hydrogens is 384 g/mol. The van der Waals surface area contributed by atoms with Crippen molar-refractivity contribution in [2.45, 2.75) is 64.3 Å². The van der Waals surface area contributed by atoms with E-state index in [4.69, 9.17) is 16.7 Å². The van der Waals surface area contributed by atoms with E-state index < -0.39 is 0 Å². The Bertz CT molecular complexity index is 700. The van der Waals surface area contributed by atoms with Gasteiger partial charge in [0.1, 0.15) is 0 Å². The van der Waals surface area contributed by atoms with Crippen LogP contribution in [0.2, 0.25) is 5.02 Å². The zero-order valence-corrected chi connectivity index (χ0v) is 18.3. The minimum absolute atomic E-state index is 0.0281. The van der Waals surface area contributed by atoms with Gasteiger partial charge in [0.25, 0.3) is 5.91 Å². The molecule has 4 bridgehead atoms. The molecule has 0 spiro atoms. The number of nitrogens with one attached hydrogen (secondary N) is 2. The molecule has 4 aliphatic rings. The molecule has 5 rings (SSSR count). The third kappa shape index (κ3) is 4.98. The lowest BCUT2D eigenvalue weighted by Gasteiger charge is -2.56. The maximum atomic E-state index is 12.9. The first-order valence-corrected chi connectivity index (χ1v) is 11.7. The molecule has 1 atom stereocenters. The van der Waals surface area contributed by atoms with E-state index in [1.54, 1.807) is 0 Å². The summed E-state index contributed by atoms with van der Waals surface area (Å²) in [6.07, 6.45) is 10.0. The van der Waals surface area contributed by atoms with Crippen molar-refractivity contribution in [1.29, 1.82) is 0 Å². The van der Waals surface area contributed by atoms with Gasteiger partial charge in [-0.25, -0.2) is 0 Å². The third-order valence-electron chi connectivity index (χ3n) is 7.47. The molecule has 4 fully saturated rings. The standard InChI is InChI=1S/C24H35ClN2O2/c1-16(14-28)26-6-2-3-17-4-5-22(25)21(10-17)23(29)27-15-24-11-18-7-19(12-24)9-20(8-18)13-24/h4-5,10,16,18-20,26,28H,2-3,6-9,11-15H2,1H3,(H,27,29). The molecular formula is C24H35ClN2O2. The van der Waals surface area contributed by atoms with Crippen molar-refractivity contribution < 1.29 is 9.90 Å². The van der Waals surface area contributed by atoms with Crippen LogP contribution in [-0.4, -0.2) is 36.8 Å². The lowest BCUT2D eigenvalue weighted by molar-refractivity contribution is -0.0503. The monoisotopic (exact) mass is 418 g/mol. The van der Waals surface area contributed by atoms with Crippen LogP contribution in [0.25, 0.3) is 0 Å². The first-order valence-electron chi connectivity index (χ1n) is 11.4. The Labute approximate surface area is 179 Å². The molecule has 5 heteroatoms. The second kappa shape index (κ2) is 8.95. The van der Waals surface area contributed by atoms with Gasteiger partial charge in [0.15, 0.2) is 0 Å². The maximum Gasteiger partial charge on any atom is 0.252 e. The molecule has 1 unspecified atom stereocenters. The molecule has 1 amide bonds. The summed E-state index contributed by atoms with van der Waals surface area (Å²) in [7, 11) is 0. The number of amides is 1. The van der Waals surface area contributed by atoms with Crippen LogP contribution in [0.5, 0.6) is 0 Å². The highest BCUT2D eigenvalue weighted by molar-refractivity contribution is 6.33. The van der Waals surface area contributed by atoms with Gasteiger partial charge in [-0.1, -0.05) is 17.7 Å². The van der Waals surface area contributed by atoms with Gasteiger partial charge in [-0.05, 0) is 106 Å². The predicted octanol–water partition coefficient (Wildman–Crippen LogP) is 4.19. The molecule has 0 aliphatic heterocycles. The Morgan fingerprint density at radius 2 is 1.86 bits per heavy atom. The summed E-state index contributed by atoms with van der Waals surface area (Å²) in [4.78, 5) is 12.9. The zero-order valence-electron chi connectivity index (χ0n) is 17.6. The topological polar surface area (TPSA) is 61.4 Å². The summed E-state index contributed by atoms with van der Waals surface area (Å²) in [5.41, 5.74) is 2.07. The summed E-state index contributed by atoms with van der Waals surface area (Å²) in [6.45, 7) is 3.76. The number of aliphatic hydroxyl groups is 1. The number of rotatable bonds is 9. The molecule has 3 N–H and O–H groups in total. The highest BCUT2D eigenvalue weighted by Gasteiger charge is 2.50. The molecule has 1 aromatic carbocycles. The fourth-order valence-electron chi connectivity index (χ4n) is 6.48. The third-order valence-corrected chi connectivity index (χ3v) is 7.80. The highest BCUT2D eigenvalue weighted by atomic mass is 35.5. The molecule has 4 saturated carbocycles. The minimum Gasteiger partial charge on any atom is -0.395 e. The SMILES string of the molecule is CC(CO)NCCCc1ccc(Cl)c(C(=O)NCC23CC4CC(CC(C4)C2)C3)c1. The van der Waals surface area contributed by atoms with Crippen molar-refractivity contribution in [2.24, 2.45) is 23.2 Å². The van der Waals surface area contributed by atoms with Gasteiger partial charge in [0.05, 0.1) is 17.2 Å². The van der Waals surface area contributed by atoms with Crippen molar-refractivity contribution in [3.8, 4) is 0 Å². The minimum atomic E-state index is -0.0281. The average molecular weight is 419 g/mol. The van der Waals surface area contributed by atoms with Crippen LogP contribution in [0.3, 0.4) is 0 Å². The zero-order chi connectivity index (χ0) is 20.4. The Balaban J connectivity index is 1.32. The lowest BCUT2D eigenvalue weighted by Crippen LogP contribution is -2.51. The number of aryl methyl sites for hydroxylation is 1. The van der Waals surface area contributed by atoms with E-state index in [2.05, 4.69) is 10.6 Å². The van der Waals surface area contributed by atoms with Gasteiger partial charge in [-0.3, -0.25) is 4.79 Å². The van der Waals surface area contributed by atoms with Gasteiger partial charge in [-0.15, -0.1) is 0 Å². The smallest absolute Gasteiger partial charge is 0.252 e. The summed E-state index contributed by atoms with van der Waals surface area (Å²) >= 11 is 6.37. The molecule has 0 heterocycles. The van der Waals surface area contributed by atoms with Crippen molar-refractivity contribution >= 4 is 17.5 Å². The second-order valence-electron chi connectivity index (χ2n) is 10.1. The van der Waals surface area contributed by atoms with Crippen LogP contribution < -0.4 is 10.6 Å². The molecule has 0 aromatic heterocycles. The number of carbonyl (C=O) groups excluding carboxylic acids is 1. The number of carbonyl (C=O) groups is 1. The first-order chi connectivity index (χ1) is 14.0. The van der Waals surface area contributed by atoms with Gasteiger partial charge < -0.3 is 15.7 Å². The predicted molar refractivity (Wildman–Crippen MR) is 117 cm³/mol. The normalized spacial score (nSPS) is 31.1. The van der Waals surface area contributed by atoms with Gasteiger partial charge in [0.2, 0.25) is 0 Å². The van der Waals surface area contributed by atoms with E-state index in [-0.39, 0.29) is 18.6 Å². The molecule has 1 aromatic rings. The summed E-state index contributed by atoms with van der Waals surface area (Å²) in [6, 6.07) is 5.92. The van der Waals surface area contributed by atoms with Crippen molar-refractivity contribution in [3.63, 3.8) is 0 Å². The second-order valence-corrected chi connectivity index (χ2v) is 10.5. The number of benzene rings is 1. The van der Waals surface area contributed by atoms with E-state index in [0.717, 1.165) is 49.2 Å². The molecule has 0 radical (unpaired) electrons. The lowest BCUT2D eigenvalue weighted by atomic mass is 9.49. The Hall–Kier alpha value is -1.10. The molecule has 0 saturated heterocycles. The fraction of sp³-hybridized carbons (Fsp3) is 0.708. The van der Waals surface area contributed by atoms with Crippen LogP contribution in [-0.2, 0) is 6.42 Å². The largest absolute Gasteiger partial charge is 0.395 e. The Kier molecular flexibility index (Phi) is 6.53. The van der Waals surface area contributed by atoms with E-state index in [9.17, 15) is 4.79 Å². The van der Waals surface area contributed by atoms with Crippen LogP contribution in [0.1, 0.15) is 67.8 Å². The fourth-order valence-corrected chi connectivity index (χ4v) is 6.68. The first kappa shape index (κ1) is 21.1. The Morgan fingerprint density at radius 1 is 1.21 bits per heavy atom. The summed E-state index contributed by atoms with van der Waals surface area (Å²) in [5.74, 6) is 2.66.